The van der Waals surface area contributed by atoms with Crippen LogP contribution < -0.4 is 5.73 Å². The number of likely N-dealkylation sites (tertiary alicyclic amines) is 1. The van der Waals surface area contributed by atoms with Gasteiger partial charge in [0.25, 0.3) is 6.43 Å². The molecule has 1 aromatic rings. The Balaban J connectivity index is 0.00000200. The number of nitrogens with zero attached hydrogens (tertiary/aromatic N) is 1. The molecule has 5 heteroatoms. The Morgan fingerprint density at radius 3 is 2.80 bits per heavy atom. The molecular formula is C15H23ClF2N2. The van der Waals surface area contributed by atoms with Gasteiger partial charge in [-0.15, -0.1) is 12.4 Å². The van der Waals surface area contributed by atoms with E-state index in [4.69, 9.17) is 5.73 Å². The lowest BCUT2D eigenvalue weighted by atomic mass is 9.90. The first-order valence-corrected chi connectivity index (χ1v) is 6.93. The topological polar surface area (TPSA) is 29.3 Å². The Morgan fingerprint density at radius 2 is 2.15 bits per heavy atom. The average molecular weight is 305 g/mol. The molecule has 1 saturated heterocycles. The number of alkyl halides is 2. The lowest BCUT2D eigenvalue weighted by Crippen LogP contribution is -2.48. The summed E-state index contributed by atoms with van der Waals surface area (Å²) in [6.45, 7) is 4.58. The maximum absolute atomic E-state index is 12.7. The van der Waals surface area contributed by atoms with Crippen LogP contribution in [0.25, 0.3) is 0 Å². The van der Waals surface area contributed by atoms with Gasteiger partial charge in [-0.2, -0.15) is 0 Å². The van der Waals surface area contributed by atoms with E-state index in [2.05, 4.69) is 11.8 Å². The fourth-order valence-electron chi connectivity index (χ4n) is 2.97. The average Bonchev–Trinajstić information content (AvgIpc) is 2.39. The molecular weight excluding hydrogens is 282 g/mol. The Morgan fingerprint density at radius 1 is 1.40 bits per heavy atom. The minimum atomic E-state index is -2.40. The minimum absolute atomic E-state index is 0. The van der Waals surface area contributed by atoms with E-state index < -0.39 is 6.43 Å². The second-order valence-electron chi connectivity index (χ2n) is 5.44. The van der Waals surface area contributed by atoms with Crippen molar-refractivity contribution in [2.24, 2.45) is 11.7 Å². The van der Waals surface area contributed by atoms with Crippen molar-refractivity contribution >= 4 is 12.4 Å². The van der Waals surface area contributed by atoms with Gasteiger partial charge in [-0.3, -0.25) is 4.90 Å². The molecule has 1 heterocycles. The number of benzene rings is 1. The van der Waals surface area contributed by atoms with E-state index in [1.807, 2.05) is 6.07 Å². The molecule has 0 aromatic heterocycles. The summed E-state index contributed by atoms with van der Waals surface area (Å²) < 4.78 is 25.4. The first-order chi connectivity index (χ1) is 9.11. The maximum atomic E-state index is 12.7. The SMILES string of the molecule is CC1CCCN(Cc2cccc(C(F)F)c2)C1CN.Cl. The fourth-order valence-corrected chi connectivity index (χ4v) is 2.97. The monoisotopic (exact) mass is 304 g/mol. The van der Waals surface area contributed by atoms with E-state index in [0.29, 0.717) is 25.0 Å². The third kappa shape index (κ3) is 4.14. The van der Waals surface area contributed by atoms with Crippen molar-refractivity contribution in [1.82, 2.24) is 4.90 Å². The Kier molecular flexibility index (Phi) is 6.86. The first-order valence-electron chi connectivity index (χ1n) is 6.93. The van der Waals surface area contributed by atoms with Crippen molar-refractivity contribution in [3.63, 3.8) is 0 Å². The van der Waals surface area contributed by atoms with E-state index in [-0.39, 0.29) is 18.0 Å². The molecule has 1 aliphatic rings. The molecule has 0 radical (unpaired) electrons. The summed E-state index contributed by atoms with van der Waals surface area (Å²) in [5.74, 6) is 0.581. The molecule has 0 bridgehead atoms. The van der Waals surface area contributed by atoms with Crippen LogP contribution in [0.15, 0.2) is 24.3 Å². The summed E-state index contributed by atoms with van der Waals surface area (Å²) in [6, 6.07) is 7.08. The van der Waals surface area contributed by atoms with Crippen LogP contribution >= 0.6 is 12.4 Å². The van der Waals surface area contributed by atoms with E-state index in [0.717, 1.165) is 18.5 Å². The number of piperidine rings is 1. The quantitative estimate of drug-likeness (QED) is 0.921. The molecule has 2 rings (SSSR count). The fraction of sp³-hybridized carbons (Fsp3) is 0.600. The summed E-state index contributed by atoms with van der Waals surface area (Å²) in [5, 5.41) is 0. The largest absolute Gasteiger partial charge is 0.329 e. The number of hydrogen-bond acceptors (Lipinski definition) is 2. The molecule has 0 aliphatic carbocycles. The third-order valence-electron chi connectivity index (χ3n) is 4.06. The molecule has 2 atom stereocenters. The normalized spacial score (nSPS) is 23.6. The van der Waals surface area contributed by atoms with Gasteiger partial charge in [0.05, 0.1) is 0 Å². The van der Waals surface area contributed by atoms with Crippen molar-refractivity contribution in [1.29, 1.82) is 0 Å². The van der Waals surface area contributed by atoms with Crippen molar-refractivity contribution in [2.75, 3.05) is 13.1 Å². The number of nitrogens with two attached hydrogens (primary N) is 1. The highest BCUT2D eigenvalue weighted by molar-refractivity contribution is 5.85. The van der Waals surface area contributed by atoms with Crippen molar-refractivity contribution in [2.45, 2.75) is 38.8 Å². The predicted octanol–water partition coefficient (Wildman–Crippen LogP) is 3.61. The molecule has 0 amide bonds. The van der Waals surface area contributed by atoms with Gasteiger partial charge >= 0.3 is 0 Å². The lowest BCUT2D eigenvalue weighted by Gasteiger charge is -2.39. The summed E-state index contributed by atoms with van der Waals surface area (Å²) in [4.78, 5) is 2.33. The molecule has 1 aliphatic heterocycles. The summed E-state index contributed by atoms with van der Waals surface area (Å²) in [7, 11) is 0. The van der Waals surface area contributed by atoms with Crippen LogP contribution in [0.3, 0.4) is 0 Å². The zero-order valence-corrected chi connectivity index (χ0v) is 12.6. The van der Waals surface area contributed by atoms with Gasteiger partial charge in [-0.1, -0.05) is 25.1 Å². The summed E-state index contributed by atoms with van der Waals surface area (Å²) >= 11 is 0. The third-order valence-corrected chi connectivity index (χ3v) is 4.06. The Labute approximate surface area is 125 Å². The zero-order chi connectivity index (χ0) is 13.8. The van der Waals surface area contributed by atoms with Crippen LogP contribution in [-0.4, -0.2) is 24.0 Å². The van der Waals surface area contributed by atoms with E-state index >= 15 is 0 Å². The van der Waals surface area contributed by atoms with Gasteiger partial charge < -0.3 is 5.73 Å². The van der Waals surface area contributed by atoms with Crippen molar-refractivity contribution in [3.8, 4) is 0 Å². The van der Waals surface area contributed by atoms with Gasteiger partial charge in [-0.05, 0) is 36.9 Å². The van der Waals surface area contributed by atoms with Gasteiger partial charge in [0.2, 0.25) is 0 Å². The zero-order valence-electron chi connectivity index (χ0n) is 11.8. The Bertz CT molecular complexity index is 415. The molecule has 20 heavy (non-hydrogen) atoms. The highest BCUT2D eigenvalue weighted by Crippen LogP contribution is 2.25. The van der Waals surface area contributed by atoms with Crippen LogP contribution in [0.4, 0.5) is 8.78 Å². The number of hydrogen-bond donors (Lipinski definition) is 1. The van der Waals surface area contributed by atoms with Gasteiger partial charge in [0.15, 0.2) is 0 Å². The van der Waals surface area contributed by atoms with Crippen LogP contribution in [0.2, 0.25) is 0 Å². The second kappa shape index (κ2) is 7.91. The molecule has 2 nitrogen and oxygen atoms in total. The molecule has 0 spiro atoms. The van der Waals surface area contributed by atoms with E-state index in [1.54, 1.807) is 12.1 Å². The van der Waals surface area contributed by atoms with E-state index in [1.165, 1.54) is 12.5 Å². The van der Waals surface area contributed by atoms with E-state index in [9.17, 15) is 8.78 Å². The van der Waals surface area contributed by atoms with Gasteiger partial charge in [0, 0.05) is 24.7 Å². The van der Waals surface area contributed by atoms with Crippen LogP contribution in [-0.2, 0) is 6.54 Å². The maximum Gasteiger partial charge on any atom is 0.263 e. The Hall–Kier alpha value is -0.710. The van der Waals surface area contributed by atoms with Crippen molar-refractivity contribution in [3.05, 3.63) is 35.4 Å². The molecule has 0 saturated carbocycles. The molecule has 114 valence electrons. The number of halogens is 3. The van der Waals surface area contributed by atoms with Crippen LogP contribution in [0.5, 0.6) is 0 Å². The minimum Gasteiger partial charge on any atom is -0.329 e. The smallest absolute Gasteiger partial charge is 0.263 e. The van der Waals surface area contributed by atoms with Crippen LogP contribution in [0.1, 0.15) is 37.3 Å². The highest BCUT2D eigenvalue weighted by atomic mass is 35.5. The molecule has 2 unspecified atom stereocenters. The van der Waals surface area contributed by atoms with Crippen molar-refractivity contribution < 1.29 is 8.78 Å². The summed E-state index contributed by atoms with van der Waals surface area (Å²) in [6.07, 6.45) is -0.0349. The predicted molar refractivity (Wildman–Crippen MR) is 80.3 cm³/mol. The first kappa shape index (κ1) is 17.3. The highest BCUT2D eigenvalue weighted by Gasteiger charge is 2.27. The van der Waals surface area contributed by atoms with Gasteiger partial charge in [-0.25, -0.2) is 8.78 Å². The lowest BCUT2D eigenvalue weighted by molar-refractivity contribution is 0.0988. The second-order valence-corrected chi connectivity index (χ2v) is 5.44. The number of rotatable bonds is 4. The van der Waals surface area contributed by atoms with Crippen LogP contribution in [0, 0.1) is 5.92 Å². The molecule has 2 N–H and O–H groups in total. The standard InChI is InChI=1S/C15H22F2N2.ClH/c1-11-4-3-7-19(14(11)9-18)10-12-5-2-6-13(8-12)15(16)17;/h2,5-6,8,11,14-15H,3-4,7,9-10,18H2,1H3;1H. The molecule has 1 fully saturated rings. The summed E-state index contributed by atoms with van der Waals surface area (Å²) in [5.41, 5.74) is 6.91. The molecule has 1 aromatic carbocycles. The van der Waals surface area contributed by atoms with Gasteiger partial charge in [0.1, 0.15) is 0 Å².